The van der Waals surface area contributed by atoms with Gasteiger partial charge in [-0.25, -0.2) is 18.4 Å². The van der Waals surface area contributed by atoms with Crippen LogP contribution in [0, 0.1) is 6.92 Å². The quantitative estimate of drug-likeness (QED) is 0.722. The van der Waals surface area contributed by atoms with Gasteiger partial charge in [0.05, 0.1) is 11.1 Å². The minimum absolute atomic E-state index is 0.121. The predicted octanol–water partition coefficient (Wildman–Crippen LogP) is 2.70. The van der Waals surface area contributed by atoms with Crippen molar-refractivity contribution in [1.29, 1.82) is 0 Å². The number of amides is 1. The number of thiazole rings is 1. The fourth-order valence-corrected chi connectivity index (χ4v) is 5.45. The first-order valence-corrected chi connectivity index (χ1v) is 11.5. The summed E-state index contributed by atoms with van der Waals surface area (Å²) in [5, 5.41) is 5.88. The SMILES string of the molecule is Cc1csc(C2(NC(=O)c3nc(S(C)(=O)=O)n4ccccc34)CCCC2)n1. The predicted molar refractivity (Wildman–Crippen MR) is 103 cm³/mol. The molecule has 3 aromatic rings. The van der Waals surface area contributed by atoms with E-state index in [-0.39, 0.29) is 16.8 Å². The molecule has 1 N–H and O–H groups in total. The van der Waals surface area contributed by atoms with Crippen LogP contribution in [0.25, 0.3) is 5.52 Å². The second-order valence-electron chi connectivity index (χ2n) is 7.01. The maximum absolute atomic E-state index is 13.1. The van der Waals surface area contributed by atoms with Gasteiger partial charge in [0, 0.05) is 23.5 Å². The van der Waals surface area contributed by atoms with E-state index < -0.39 is 15.4 Å². The molecule has 9 heteroatoms. The molecule has 0 radical (unpaired) electrons. The van der Waals surface area contributed by atoms with Crippen LogP contribution in [0.2, 0.25) is 0 Å². The van der Waals surface area contributed by atoms with Crippen LogP contribution in [0.3, 0.4) is 0 Å². The zero-order chi connectivity index (χ0) is 19.2. The third-order valence-electron chi connectivity index (χ3n) is 4.90. The molecule has 0 saturated heterocycles. The highest BCUT2D eigenvalue weighted by Gasteiger charge is 2.40. The molecule has 1 aliphatic carbocycles. The lowest BCUT2D eigenvalue weighted by Gasteiger charge is -2.27. The molecule has 1 amide bonds. The summed E-state index contributed by atoms with van der Waals surface area (Å²) in [6.07, 6.45) is 6.35. The van der Waals surface area contributed by atoms with Crippen LogP contribution in [0.1, 0.15) is 46.9 Å². The molecular formula is C18H20N4O3S2. The van der Waals surface area contributed by atoms with Gasteiger partial charge >= 0.3 is 0 Å². The fraction of sp³-hybridized carbons (Fsp3) is 0.389. The van der Waals surface area contributed by atoms with E-state index in [0.717, 1.165) is 42.6 Å². The van der Waals surface area contributed by atoms with Crippen LogP contribution >= 0.6 is 11.3 Å². The molecule has 0 aliphatic heterocycles. The van der Waals surface area contributed by atoms with Gasteiger partial charge in [0.25, 0.3) is 5.91 Å². The number of aryl methyl sites for hydroxylation is 1. The summed E-state index contributed by atoms with van der Waals surface area (Å²) in [6.45, 7) is 1.94. The second-order valence-corrected chi connectivity index (χ2v) is 9.78. The van der Waals surface area contributed by atoms with E-state index in [0.29, 0.717) is 5.52 Å². The molecule has 1 aliphatic rings. The number of hydrogen-bond donors (Lipinski definition) is 1. The Morgan fingerprint density at radius 3 is 2.63 bits per heavy atom. The average Bonchev–Trinajstić information content (AvgIpc) is 3.32. The lowest BCUT2D eigenvalue weighted by molar-refractivity contribution is 0.0894. The van der Waals surface area contributed by atoms with E-state index in [1.54, 1.807) is 35.7 Å². The zero-order valence-corrected chi connectivity index (χ0v) is 16.7. The Bertz CT molecular complexity index is 1120. The lowest BCUT2D eigenvalue weighted by atomic mass is 9.98. The highest BCUT2D eigenvalue weighted by molar-refractivity contribution is 7.90. The van der Waals surface area contributed by atoms with Gasteiger partial charge in [0.15, 0.2) is 5.69 Å². The van der Waals surface area contributed by atoms with Gasteiger partial charge in [0.2, 0.25) is 15.0 Å². The standard InChI is InChI=1S/C18H20N4O3S2/c1-12-11-26-16(19-12)18(8-4-5-9-18)21-15(23)14-13-7-3-6-10-22(13)17(20-14)27(2,24)25/h3,6-7,10-11H,4-5,8-9H2,1-2H3,(H,21,23). The number of sulfone groups is 1. The number of aromatic nitrogens is 3. The van der Waals surface area contributed by atoms with Gasteiger partial charge in [0.1, 0.15) is 5.01 Å². The molecule has 1 fully saturated rings. The van der Waals surface area contributed by atoms with Crippen molar-refractivity contribution in [3.05, 3.63) is 46.2 Å². The molecule has 0 bridgehead atoms. The van der Waals surface area contributed by atoms with Gasteiger partial charge in [-0.1, -0.05) is 18.9 Å². The number of imidazole rings is 1. The summed E-state index contributed by atoms with van der Waals surface area (Å²) in [5.41, 5.74) is 1.02. The number of hydrogen-bond acceptors (Lipinski definition) is 6. The van der Waals surface area contributed by atoms with Crippen molar-refractivity contribution in [3.8, 4) is 0 Å². The Balaban J connectivity index is 1.77. The Hall–Kier alpha value is -2.26. The van der Waals surface area contributed by atoms with Crippen molar-refractivity contribution in [2.45, 2.75) is 43.3 Å². The molecule has 0 atom stereocenters. The van der Waals surface area contributed by atoms with Crippen LogP contribution in [-0.4, -0.2) is 34.9 Å². The first-order valence-electron chi connectivity index (χ1n) is 8.72. The van der Waals surface area contributed by atoms with E-state index in [1.807, 2.05) is 12.3 Å². The van der Waals surface area contributed by atoms with Gasteiger partial charge in [-0.3, -0.25) is 9.20 Å². The van der Waals surface area contributed by atoms with Crippen LogP contribution in [-0.2, 0) is 15.4 Å². The topological polar surface area (TPSA) is 93.4 Å². The summed E-state index contributed by atoms with van der Waals surface area (Å²) in [4.78, 5) is 21.9. The summed E-state index contributed by atoms with van der Waals surface area (Å²) in [7, 11) is -3.57. The molecule has 3 aromatic heterocycles. The molecule has 0 unspecified atom stereocenters. The molecule has 0 spiro atoms. The Morgan fingerprint density at radius 1 is 1.26 bits per heavy atom. The van der Waals surface area contributed by atoms with Gasteiger partial charge in [-0.15, -0.1) is 11.3 Å². The van der Waals surface area contributed by atoms with Crippen molar-refractivity contribution in [2.24, 2.45) is 0 Å². The van der Waals surface area contributed by atoms with Gasteiger partial charge < -0.3 is 5.32 Å². The molecule has 3 heterocycles. The van der Waals surface area contributed by atoms with Gasteiger partial charge in [-0.2, -0.15) is 0 Å². The summed E-state index contributed by atoms with van der Waals surface area (Å²) >= 11 is 1.55. The van der Waals surface area contributed by atoms with E-state index >= 15 is 0 Å². The summed E-state index contributed by atoms with van der Waals surface area (Å²) in [5.74, 6) is -0.372. The molecule has 142 valence electrons. The summed E-state index contributed by atoms with van der Waals surface area (Å²) < 4.78 is 25.6. The number of nitrogens with zero attached hydrogens (tertiary/aromatic N) is 3. The van der Waals surface area contributed by atoms with Crippen molar-refractivity contribution >= 4 is 32.6 Å². The minimum atomic E-state index is -3.57. The number of fused-ring (bicyclic) bond motifs is 1. The van der Waals surface area contributed by atoms with Crippen LogP contribution in [0.4, 0.5) is 0 Å². The zero-order valence-electron chi connectivity index (χ0n) is 15.1. The highest BCUT2D eigenvalue weighted by atomic mass is 32.2. The third-order valence-corrected chi connectivity index (χ3v) is 7.02. The third kappa shape index (κ3) is 3.14. The number of nitrogens with one attached hydrogen (secondary N) is 1. The minimum Gasteiger partial charge on any atom is -0.339 e. The van der Waals surface area contributed by atoms with E-state index in [9.17, 15) is 13.2 Å². The Labute approximate surface area is 161 Å². The number of pyridine rings is 1. The molecule has 0 aromatic carbocycles. The van der Waals surface area contributed by atoms with E-state index in [1.165, 1.54) is 4.40 Å². The van der Waals surface area contributed by atoms with Crippen molar-refractivity contribution in [3.63, 3.8) is 0 Å². The average molecular weight is 405 g/mol. The monoisotopic (exact) mass is 404 g/mol. The Morgan fingerprint density at radius 2 is 2.00 bits per heavy atom. The number of carbonyl (C=O) groups excluding carboxylic acids is 1. The van der Waals surface area contributed by atoms with Crippen molar-refractivity contribution < 1.29 is 13.2 Å². The van der Waals surface area contributed by atoms with Crippen LogP contribution in [0.15, 0.2) is 34.9 Å². The lowest BCUT2D eigenvalue weighted by Crippen LogP contribution is -2.44. The van der Waals surface area contributed by atoms with Crippen molar-refractivity contribution in [2.75, 3.05) is 6.26 Å². The summed E-state index contributed by atoms with van der Waals surface area (Å²) in [6, 6.07) is 5.17. The smallest absolute Gasteiger partial charge is 0.272 e. The maximum Gasteiger partial charge on any atom is 0.272 e. The van der Waals surface area contributed by atoms with E-state index in [4.69, 9.17) is 0 Å². The molecule has 1 saturated carbocycles. The molecule has 27 heavy (non-hydrogen) atoms. The normalized spacial score (nSPS) is 16.7. The second kappa shape index (κ2) is 6.42. The first-order chi connectivity index (χ1) is 12.8. The van der Waals surface area contributed by atoms with Gasteiger partial charge in [-0.05, 0) is 31.9 Å². The largest absolute Gasteiger partial charge is 0.339 e. The fourth-order valence-electron chi connectivity index (χ4n) is 3.66. The molecular weight excluding hydrogens is 384 g/mol. The Kier molecular flexibility index (Phi) is 4.31. The van der Waals surface area contributed by atoms with Crippen LogP contribution < -0.4 is 5.32 Å². The molecule has 7 nitrogen and oxygen atoms in total. The molecule has 4 rings (SSSR count). The maximum atomic E-state index is 13.1. The number of rotatable bonds is 4. The van der Waals surface area contributed by atoms with E-state index in [2.05, 4.69) is 15.3 Å². The van der Waals surface area contributed by atoms with Crippen molar-refractivity contribution in [1.82, 2.24) is 19.7 Å². The highest BCUT2D eigenvalue weighted by Crippen LogP contribution is 2.40. The first kappa shape index (κ1) is 18.1. The number of carbonyl (C=O) groups is 1. The van der Waals surface area contributed by atoms with Crippen LogP contribution in [0.5, 0.6) is 0 Å².